The highest BCUT2D eigenvalue weighted by Gasteiger charge is 2.45. The van der Waals surface area contributed by atoms with Gasteiger partial charge in [-0.05, 0) is 31.9 Å². The van der Waals surface area contributed by atoms with E-state index < -0.39 is 27.3 Å². The molecule has 9 heteroatoms. The fraction of sp³-hybridized carbons (Fsp3) is 0.529. The third kappa shape index (κ3) is 4.87. The maximum absolute atomic E-state index is 12.3. The number of rotatable bonds is 7. The van der Waals surface area contributed by atoms with E-state index >= 15 is 0 Å². The number of benzene rings is 1. The number of amides is 1. The van der Waals surface area contributed by atoms with E-state index in [1.54, 1.807) is 24.3 Å². The van der Waals surface area contributed by atoms with Crippen LogP contribution in [-0.4, -0.2) is 57.7 Å². The summed E-state index contributed by atoms with van der Waals surface area (Å²) < 4.78 is 39.0. The first-order valence-electron chi connectivity index (χ1n) is 8.26. The van der Waals surface area contributed by atoms with Crippen molar-refractivity contribution in [3.8, 4) is 11.5 Å². The molecular weight excluding hydrogens is 362 g/mol. The third-order valence-corrected chi connectivity index (χ3v) is 5.79. The summed E-state index contributed by atoms with van der Waals surface area (Å²) in [4.78, 5) is 24.5. The third-order valence-electron chi connectivity index (χ3n) is 4.14. The van der Waals surface area contributed by atoms with Crippen LogP contribution in [0.1, 0.15) is 19.8 Å². The molecule has 1 saturated heterocycles. The van der Waals surface area contributed by atoms with E-state index in [9.17, 15) is 18.0 Å². The molecule has 0 aliphatic carbocycles. The molecule has 2 rings (SSSR count). The number of hydrogen-bond donors (Lipinski definition) is 1. The van der Waals surface area contributed by atoms with Crippen LogP contribution >= 0.6 is 0 Å². The molecule has 0 bridgehead atoms. The molecule has 1 fully saturated rings. The highest BCUT2D eigenvalue weighted by Crippen LogP contribution is 2.27. The Hall–Kier alpha value is -2.29. The van der Waals surface area contributed by atoms with E-state index in [1.807, 2.05) is 6.92 Å². The van der Waals surface area contributed by atoms with E-state index in [4.69, 9.17) is 14.2 Å². The molecule has 1 aromatic carbocycles. The molecule has 1 aliphatic heterocycles. The molecule has 0 spiro atoms. The molecular formula is C17H23NO7S. The summed E-state index contributed by atoms with van der Waals surface area (Å²) in [6.07, 6.45) is -0.0490. The molecule has 0 atom stereocenters. The Kier molecular flexibility index (Phi) is 6.47. The van der Waals surface area contributed by atoms with Crippen LogP contribution < -0.4 is 14.8 Å². The number of carbonyl (C=O) groups is 2. The average Bonchev–Trinajstić information content (AvgIpc) is 2.62. The normalized spacial score (nSPS) is 17.8. The number of hydrogen-bond acceptors (Lipinski definition) is 7. The van der Waals surface area contributed by atoms with Gasteiger partial charge in [0.1, 0.15) is 5.54 Å². The highest BCUT2D eigenvalue weighted by atomic mass is 32.2. The van der Waals surface area contributed by atoms with Crippen molar-refractivity contribution in [2.75, 3.05) is 31.8 Å². The first kappa shape index (κ1) is 20.0. The minimum atomic E-state index is -3.21. The van der Waals surface area contributed by atoms with E-state index in [-0.39, 0.29) is 31.0 Å². The number of sulfone groups is 1. The van der Waals surface area contributed by atoms with Crippen molar-refractivity contribution in [2.45, 2.75) is 25.3 Å². The number of para-hydroxylation sites is 2. The Morgan fingerprint density at radius 1 is 1.12 bits per heavy atom. The summed E-state index contributed by atoms with van der Waals surface area (Å²) in [5.74, 6) is -0.652. The van der Waals surface area contributed by atoms with E-state index in [2.05, 4.69) is 5.32 Å². The molecule has 0 aromatic heterocycles. The zero-order valence-corrected chi connectivity index (χ0v) is 15.6. The zero-order valence-electron chi connectivity index (χ0n) is 14.8. The summed E-state index contributed by atoms with van der Waals surface area (Å²) in [5, 5.41) is 2.60. The Morgan fingerprint density at radius 2 is 1.69 bits per heavy atom. The first-order chi connectivity index (χ1) is 12.3. The van der Waals surface area contributed by atoms with Gasteiger partial charge in [0.15, 0.2) is 27.9 Å². The molecule has 1 amide bonds. The predicted molar refractivity (Wildman–Crippen MR) is 93.9 cm³/mol. The van der Waals surface area contributed by atoms with Gasteiger partial charge in [-0.1, -0.05) is 12.1 Å². The van der Waals surface area contributed by atoms with Gasteiger partial charge < -0.3 is 19.5 Å². The maximum atomic E-state index is 12.3. The molecule has 26 heavy (non-hydrogen) atoms. The van der Waals surface area contributed by atoms with Gasteiger partial charge in [0.25, 0.3) is 5.91 Å². The van der Waals surface area contributed by atoms with Crippen LogP contribution in [0.25, 0.3) is 0 Å². The molecule has 1 aliphatic rings. The lowest BCUT2D eigenvalue weighted by molar-refractivity contribution is -0.151. The number of esters is 1. The number of ether oxygens (including phenoxy) is 3. The van der Waals surface area contributed by atoms with Crippen LogP contribution in [0.5, 0.6) is 11.5 Å². The lowest BCUT2D eigenvalue weighted by Crippen LogP contribution is -2.59. The van der Waals surface area contributed by atoms with Crippen LogP contribution in [0.15, 0.2) is 24.3 Å². The van der Waals surface area contributed by atoms with Gasteiger partial charge in [-0.2, -0.15) is 0 Å². The largest absolute Gasteiger partial charge is 0.490 e. The first-order valence-corrected chi connectivity index (χ1v) is 10.1. The minimum Gasteiger partial charge on any atom is -0.490 e. The number of carbonyl (C=O) groups excluding carboxylic acids is 2. The van der Waals surface area contributed by atoms with Crippen molar-refractivity contribution in [1.29, 1.82) is 0 Å². The monoisotopic (exact) mass is 385 g/mol. The standard InChI is InChI=1S/C17H23NO7S/c1-3-24-13-6-4-5-7-14(13)25-12-15(19)18-17(16(20)23-2)8-10-26(21,22)11-9-17/h4-7H,3,8-12H2,1-2H3,(H,18,19). The van der Waals surface area contributed by atoms with Crippen molar-refractivity contribution in [1.82, 2.24) is 5.32 Å². The van der Waals surface area contributed by atoms with Gasteiger partial charge >= 0.3 is 5.97 Å². The second-order valence-electron chi connectivity index (χ2n) is 5.94. The Labute approximate surface area is 152 Å². The van der Waals surface area contributed by atoms with Crippen LogP contribution in [0.2, 0.25) is 0 Å². The van der Waals surface area contributed by atoms with E-state index in [0.717, 1.165) is 0 Å². The highest BCUT2D eigenvalue weighted by molar-refractivity contribution is 7.91. The number of nitrogens with one attached hydrogen (secondary N) is 1. The fourth-order valence-corrected chi connectivity index (χ4v) is 4.28. The van der Waals surface area contributed by atoms with Crippen LogP contribution in [-0.2, 0) is 24.2 Å². The van der Waals surface area contributed by atoms with Crippen LogP contribution in [0.3, 0.4) is 0 Å². The van der Waals surface area contributed by atoms with Gasteiger partial charge in [0, 0.05) is 0 Å². The quantitative estimate of drug-likeness (QED) is 0.688. The smallest absolute Gasteiger partial charge is 0.331 e. The van der Waals surface area contributed by atoms with Crippen LogP contribution in [0.4, 0.5) is 0 Å². The van der Waals surface area contributed by atoms with Gasteiger partial charge in [0.2, 0.25) is 0 Å². The van der Waals surface area contributed by atoms with Gasteiger partial charge in [-0.25, -0.2) is 13.2 Å². The molecule has 0 radical (unpaired) electrons. The molecule has 8 nitrogen and oxygen atoms in total. The van der Waals surface area contributed by atoms with Crippen molar-refractivity contribution in [3.05, 3.63) is 24.3 Å². The fourth-order valence-electron chi connectivity index (χ4n) is 2.75. The summed E-state index contributed by atoms with van der Waals surface area (Å²) in [6.45, 7) is 1.95. The van der Waals surface area contributed by atoms with Crippen molar-refractivity contribution in [3.63, 3.8) is 0 Å². The van der Waals surface area contributed by atoms with Crippen LogP contribution in [0, 0.1) is 0 Å². The number of methoxy groups -OCH3 is 1. The summed E-state index contributed by atoms with van der Waals surface area (Å²) in [6, 6.07) is 6.92. The van der Waals surface area contributed by atoms with Gasteiger partial charge in [0.05, 0.1) is 25.2 Å². The zero-order chi connectivity index (χ0) is 19.2. The second kappa shape index (κ2) is 8.39. The topological polar surface area (TPSA) is 108 Å². The second-order valence-corrected chi connectivity index (χ2v) is 8.25. The predicted octanol–water partition coefficient (Wildman–Crippen LogP) is 0.701. The lowest BCUT2D eigenvalue weighted by Gasteiger charge is -2.34. The molecule has 1 heterocycles. The van der Waals surface area contributed by atoms with E-state index in [0.29, 0.717) is 18.1 Å². The van der Waals surface area contributed by atoms with Gasteiger partial charge in [-0.3, -0.25) is 4.79 Å². The SMILES string of the molecule is CCOc1ccccc1OCC(=O)NC1(C(=O)OC)CCS(=O)(=O)CC1. The summed E-state index contributed by atoms with van der Waals surface area (Å²) >= 11 is 0. The van der Waals surface area contributed by atoms with Crippen molar-refractivity contribution in [2.24, 2.45) is 0 Å². The molecule has 1 aromatic rings. The molecule has 1 N–H and O–H groups in total. The average molecular weight is 385 g/mol. The minimum absolute atomic E-state index is 0.0245. The Morgan fingerprint density at radius 3 is 2.23 bits per heavy atom. The lowest BCUT2D eigenvalue weighted by atomic mass is 9.92. The van der Waals surface area contributed by atoms with Crippen molar-refractivity contribution >= 4 is 21.7 Å². The molecule has 0 unspecified atom stereocenters. The summed E-state index contributed by atoms with van der Waals surface area (Å²) in [5.41, 5.74) is -1.35. The Bertz CT molecular complexity index is 746. The van der Waals surface area contributed by atoms with Crippen molar-refractivity contribution < 1.29 is 32.2 Å². The molecule has 144 valence electrons. The summed E-state index contributed by atoms with van der Waals surface area (Å²) in [7, 11) is -2.00. The Balaban J connectivity index is 2.03. The molecule has 0 saturated carbocycles. The maximum Gasteiger partial charge on any atom is 0.331 e. The van der Waals surface area contributed by atoms with E-state index in [1.165, 1.54) is 7.11 Å². The van der Waals surface area contributed by atoms with Gasteiger partial charge in [-0.15, -0.1) is 0 Å².